The maximum Gasteiger partial charge on any atom is 0.339 e. The van der Waals surface area contributed by atoms with Crippen LogP contribution in [-0.4, -0.2) is 11.1 Å². The quantitative estimate of drug-likeness (QED) is 0.931. The molecule has 0 heterocycles. The summed E-state index contributed by atoms with van der Waals surface area (Å²) < 4.78 is 31.4. The van der Waals surface area contributed by atoms with Gasteiger partial charge >= 0.3 is 5.97 Å². The molecule has 0 aliphatic carbocycles. The molecule has 0 aliphatic rings. The zero-order chi connectivity index (χ0) is 14.7. The molecular weight excluding hydrogens is 290 g/mol. The Morgan fingerprint density at radius 3 is 2.50 bits per heavy atom. The number of halogens is 3. The normalized spacial score (nSPS) is 10.3. The van der Waals surface area contributed by atoms with Crippen molar-refractivity contribution in [3.63, 3.8) is 0 Å². The summed E-state index contributed by atoms with van der Waals surface area (Å²) in [6.07, 6.45) is 0. The van der Waals surface area contributed by atoms with Gasteiger partial charge in [0.05, 0.1) is 0 Å². The monoisotopic (exact) mass is 298 g/mol. The van der Waals surface area contributed by atoms with E-state index >= 15 is 0 Å². The van der Waals surface area contributed by atoms with Crippen LogP contribution in [0.25, 0.3) is 0 Å². The Labute approximate surface area is 118 Å². The minimum Gasteiger partial charge on any atom is -0.488 e. The first kappa shape index (κ1) is 14.3. The van der Waals surface area contributed by atoms with Crippen LogP contribution in [0.1, 0.15) is 15.9 Å². The van der Waals surface area contributed by atoms with Crippen LogP contribution >= 0.6 is 11.6 Å². The molecular formula is C14H9ClF2O3. The third kappa shape index (κ3) is 3.24. The van der Waals surface area contributed by atoms with E-state index in [1.54, 1.807) is 0 Å². The van der Waals surface area contributed by atoms with Crippen LogP contribution in [0.4, 0.5) is 8.78 Å². The van der Waals surface area contributed by atoms with Crippen LogP contribution in [0, 0.1) is 11.6 Å². The highest BCUT2D eigenvalue weighted by atomic mass is 35.5. The van der Waals surface area contributed by atoms with Gasteiger partial charge in [0, 0.05) is 16.7 Å². The molecule has 0 aromatic heterocycles. The van der Waals surface area contributed by atoms with E-state index in [4.69, 9.17) is 21.4 Å². The van der Waals surface area contributed by atoms with E-state index in [2.05, 4.69) is 0 Å². The van der Waals surface area contributed by atoms with E-state index in [1.807, 2.05) is 0 Å². The summed E-state index contributed by atoms with van der Waals surface area (Å²) in [4.78, 5) is 11.0. The molecule has 0 radical (unpaired) electrons. The molecule has 0 bridgehead atoms. The van der Waals surface area contributed by atoms with E-state index in [0.29, 0.717) is 5.56 Å². The summed E-state index contributed by atoms with van der Waals surface area (Å²) in [5, 5.41) is 9.24. The van der Waals surface area contributed by atoms with Gasteiger partial charge in [0.1, 0.15) is 29.6 Å². The van der Waals surface area contributed by atoms with Crippen molar-refractivity contribution in [2.24, 2.45) is 0 Å². The molecule has 0 saturated heterocycles. The number of carboxylic acids is 1. The van der Waals surface area contributed by atoms with Gasteiger partial charge < -0.3 is 9.84 Å². The summed E-state index contributed by atoms with van der Waals surface area (Å²) in [5.74, 6) is -2.51. The minimum atomic E-state index is -1.25. The molecule has 0 aliphatic heterocycles. The first-order valence-corrected chi connectivity index (χ1v) is 5.95. The molecule has 104 valence electrons. The standard InChI is InChI=1S/C14H9ClF2O3/c15-12-4-2-9(16)5-8(12)7-20-13-6-10(17)1-3-11(13)14(18)19/h1-6H,7H2,(H,18,19). The molecule has 0 spiro atoms. The Hall–Kier alpha value is -2.14. The van der Waals surface area contributed by atoms with Crippen molar-refractivity contribution in [1.29, 1.82) is 0 Å². The van der Waals surface area contributed by atoms with Crippen molar-refractivity contribution in [2.75, 3.05) is 0 Å². The fourth-order valence-corrected chi connectivity index (χ4v) is 1.77. The predicted octanol–water partition coefficient (Wildman–Crippen LogP) is 3.90. The number of benzene rings is 2. The van der Waals surface area contributed by atoms with Crippen molar-refractivity contribution in [3.8, 4) is 5.75 Å². The first-order chi connectivity index (χ1) is 9.47. The van der Waals surface area contributed by atoms with E-state index in [-0.39, 0.29) is 22.9 Å². The summed E-state index contributed by atoms with van der Waals surface area (Å²) in [5.41, 5.74) is 0.159. The minimum absolute atomic E-state index is 0.141. The highest BCUT2D eigenvalue weighted by molar-refractivity contribution is 6.31. The average Bonchev–Trinajstić information content (AvgIpc) is 2.39. The molecule has 0 unspecified atom stereocenters. The Balaban J connectivity index is 2.24. The van der Waals surface area contributed by atoms with Crippen LogP contribution in [0.2, 0.25) is 5.02 Å². The fourth-order valence-electron chi connectivity index (χ4n) is 1.60. The van der Waals surface area contributed by atoms with Crippen LogP contribution in [0.3, 0.4) is 0 Å². The number of hydrogen-bond acceptors (Lipinski definition) is 2. The third-order valence-corrected chi connectivity index (χ3v) is 2.93. The second kappa shape index (κ2) is 5.88. The van der Waals surface area contributed by atoms with Gasteiger partial charge in [-0.25, -0.2) is 13.6 Å². The van der Waals surface area contributed by atoms with Gasteiger partial charge in [0.2, 0.25) is 0 Å². The molecule has 2 aromatic carbocycles. The number of carboxylic acid groups (broad SMARTS) is 1. The fraction of sp³-hybridized carbons (Fsp3) is 0.0714. The molecule has 0 amide bonds. The number of hydrogen-bond donors (Lipinski definition) is 1. The number of ether oxygens (including phenoxy) is 1. The zero-order valence-corrected chi connectivity index (χ0v) is 10.8. The Bertz CT molecular complexity index is 659. The number of aromatic carboxylic acids is 1. The van der Waals surface area contributed by atoms with Crippen molar-refractivity contribution >= 4 is 17.6 Å². The predicted molar refractivity (Wildman–Crippen MR) is 69.1 cm³/mol. The van der Waals surface area contributed by atoms with Gasteiger partial charge in [0.15, 0.2) is 0 Å². The van der Waals surface area contributed by atoms with Gasteiger partial charge in [-0.2, -0.15) is 0 Å². The van der Waals surface area contributed by atoms with Gasteiger partial charge in [-0.3, -0.25) is 0 Å². The van der Waals surface area contributed by atoms with E-state index in [9.17, 15) is 13.6 Å². The molecule has 2 rings (SSSR count). The first-order valence-electron chi connectivity index (χ1n) is 5.57. The highest BCUT2D eigenvalue weighted by Crippen LogP contribution is 2.23. The second-order valence-electron chi connectivity index (χ2n) is 3.97. The van der Waals surface area contributed by atoms with Crippen LogP contribution in [-0.2, 0) is 6.61 Å². The number of rotatable bonds is 4. The Kier molecular flexibility index (Phi) is 4.20. The van der Waals surface area contributed by atoms with Crippen LogP contribution in [0.5, 0.6) is 5.75 Å². The molecule has 20 heavy (non-hydrogen) atoms. The summed E-state index contributed by atoms with van der Waals surface area (Å²) in [6.45, 7) is -0.166. The molecule has 3 nitrogen and oxygen atoms in total. The maximum absolute atomic E-state index is 13.1. The summed E-state index contributed by atoms with van der Waals surface area (Å²) in [7, 11) is 0. The molecule has 2 aromatic rings. The largest absolute Gasteiger partial charge is 0.488 e. The molecule has 0 saturated carbocycles. The van der Waals surface area contributed by atoms with E-state index < -0.39 is 17.6 Å². The molecule has 6 heteroatoms. The Morgan fingerprint density at radius 1 is 1.15 bits per heavy atom. The lowest BCUT2D eigenvalue weighted by Gasteiger charge is -2.10. The van der Waals surface area contributed by atoms with Gasteiger partial charge in [-0.1, -0.05) is 11.6 Å². The lowest BCUT2D eigenvalue weighted by molar-refractivity contribution is 0.0691. The van der Waals surface area contributed by atoms with Crippen LogP contribution < -0.4 is 4.74 Å². The lowest BCUT2D eigenvalue weighted by Crippen LogP contribution is -2.04. The Morgan fingerprint density at radius 2 is 1.80 bits per heavy atom. The van der Waals surface area contributed by atoms with Crippen molar-refractivity contribution < 1.29 is 23.4 Å². The lowest BCUT2D eigenvalue weighted by atomic mass is 10.2. The number of carbonyl (C=O) groups is 1. The van der Waals surface area contributed by atoms with Gasteiger partial charge in [-0.15, -0.1) is 0 Å². The smallest absolute Gasteiger partial charge is 0.339 e. The van der Waals surface area contributed by atoms with Crippen molar-refractivity contribution in [3.05, 3.63) is 64.2 Å². The molecule has 0 atom stereocenters. The molecule has 1 N–H and O–H groups in total. The van der Waals surface area contributed by atoms with Crippen LogP contribution in [0.15, 0.2) is 36.4 Å². The highest BCUT2D eigenvalue weighted by Gasteiger charge is 2.13. The third-order valence-electron chi connectivity index (χ3n) is 2.57. The zero-order valence-electron chi connectivity index (χ0n) is 10.1. The summed E-state index contributed by atoms with van der Waals surface area (Å²) >= 11 is 5.86. The molecule has 0 fully saturated rings. The topological polar surface area (TPSA) is 46.5 Å². The second-order valence-corrected chi connectivity index (χ2v) is 4.38. The van der Waals surface area contributed by atoms with Crippen molar-refractivity contribution in [2.45, 2.75) is 6.61 Å². The van der Waals surface area contributed by atoms with Gasteiger partial charge in [-0.05, 0) is 30.3 Å². The average molecular weight is 299 g/mol. The van der Waals surface area contributed by atoms with E-state index in [0.717, 1.165) is 18.2 Å². The SMILES string of the molecule is O=C(O)c1ccc(F)cc1OCc1cc(F)ccc1Cl. The van der Waals surface area contributed by atoms with Crippen molar-refractivity contribution in [1.82, 2.24) is 0 Å². The van der Waals surface area contributed by atoms with Gasteiger partial charge in [0.25, 0.3) is 0 Å². The van der Waals surface area contributed by atoms with E-state index in [1.165, 1.54) is 18.2 Å². The summed E-state index contributed by atoms with van der Waals surface area (Å²) in [6, 6.07) is 6.79. The maximum atomic E-state index is 13.1.